The second-order valence-electron chi connectivity index (χ2n) is 17.4. The Hall–Kier alpha value is -4.67. The van der Waals surface area contributed by atoms with Gasteiger partial charge in [-0.1, -0.05) is 37.1 Å². The van der Waals surface area contributed by atoms with Crippen LogP contribution in [0.1, 0.15) is 91.1 Å². The molecule has 14 nitrogen and oxygen atoms in total. The number of halogens is 1. The molecule has 4 heterocycles. The van der Waals surface area contributed by atoms with Gasteiger partial charge in [-0.3, -0.25) is 24.0 Å². The zero-order valence-corrected chi connectivity index (χ0v) is 35.0. The van der Waals surface area contributed by atoms with Gasteiger partial charge in [-0.15, -0.1) is 0 Å². The molecule has 61 heavy (non-hydrogen) atoms. The van der Waals surface area contributed by atoms with Crippen molar-refractivity contribution in [2.75, 3.05) is 65.6 Å². The predicted octanol–water partition coefficient (Wildman–Crippen LogP) is 4.53. The molecule has 4 aliphatic rings. The minimum atomic E-state index is -0.887. The number of nitrogens with zero attached hydrogens (tertiary/aromatic N) is 5. The van der Waals surface area contributed by atoms with Gasteiger partial charge in [0.05, 0.1) is 50.0 Å². The van der Waals surface area contributed by atoms with E-state index in [0.717, 1.165) is 58.2 Å². The monoisotopic (exact) mass is 841 g/mol. The number of nitrogens with one attached hydrogen (secondary N) is 2. The molecule has 4 N–H and O–H groups in total. The second kappa shape index (κ2) is 19.6. The summed E-state index contributed by atoms with van der Waals surface area (Å²) in [5.41, 5.74) is 1.87. The molecular weight excluding hydrogens is 782 g/mol. The van der Waals surface area contributed by atoms with E-state index in [4.69, 9.17) is 9.47 Å². The van der Waals surface area contributed by atoms with Crippen LogP contribution in [0.15, 0.2) is 59.5 Å². The molecule has 2 amide bonds. The number of aromatic amines is 1. The molecule has 2 aromatic heterocycles. The van der Waals surface area contributed by atoms with E-state index in [2.05, 4.69) is 20.3 Å². The Bertz CT molecular complexity index is 2190. The topological polar surface area (TPSA) is 165 Å². The van der Waals surface area contributed by atoms with E-state index in [1.165, 1.54) is 25.0 Å². The lowest BCUT2D eigenvalue weighted by molar-refractivity contribution is -0.134. The Labute approximate surface area is 356 Å². The third kappa shape index (κ3) is 10.7. The van der Waals surface area contributed by atoms with Crippen LogP contribution in [0.4, 0.5) is 4.39 Å². The van der Waals surface area contributed by atoms with E-state index < -0.39 is 11.7 Å². The number of morpholine rings is 1. The van der Waals surface area contributed by atoms with Crippen LogP contribution < -0.4 is 10.9 Å². The minimum absolute atomic E-state index is 0.0213. The Morgan fingerprint density at radius 2 is 1.84 bits per heavy atom. The lowest BCUT2D eigenvalue weighted by Gasteiger charge is -2.47. The summed E-state index contributed by atoms with van der Waals surface area (Å²) in [5, 5.41) is 29.5. The average Bonchev–Trinajstić information content (AvgIpc) is 3.67. The van der Waals surface area contributed by atoms with Crippen LogP contribution in [0, 0.1) is 11.7 Å². The molecule has 2 saturated carbocycles. The fraction of sp³-hybridized carbons (Fsp3) is 0.565. The highest BCUT2D eigenvalue weighted by molar-refractivity contribution is 5.92. The van der Waals surface area contributed by atoms with Gasteiger partial charge < -0.3 is 39.8 Å². The highest BCUT2D eigenvalue weighted by Crippen LogP contribution is 2.33. The number of aromatic hydroxyl groups is 1. The molecule has 1 atom stereocenters. The number of H-pyrrole nitrogens is 1. The maximum absolute atomic E-state index is 15.8. The van der Waals surface area contributed by atoms with Crippen LogP contribution in [0.3, 0.4) is 0 Å². The number of piperidine rings is 1. The van der Waals surface area contributed by atoms with Crippen LogP contribution in [0.2, 0.25) is 0 Å². The second-order valence-corrected chi connectivity index (χ2v) is 17.4. The fourth-order valence-electron chi connectivity index (χ4n) is 9.34. The number of amides is 2. The van der Waals surface area contributed by atoms with E-state index in [9.17, 15) is 24.6 Å². The zero-order valence-electron chi connectivity index (χ0n) is 35.0. The number of aliphatic hydroxyl groups excluding tert-OH is 1. The van der Waals surface area contributed by atoms with Crippen LogP contribution in [-0.4, -0.2) is 129 Å². The van der Waals surface area contributed by atoms with E-state index in [0.29, 0.717) is 86.0 Å². The number of aliphatic hydroxyl groups is 1. The van der Waals surface area contributed by atoms with Crippen LogP contribution in [0.5, 0.6) is 5.75 Å². The zero-order chi connectivity index (χ0) is 42.3. The van der Waals surface area contributed by atoms with Crippen molar-refractivity contribution < 1.29 is 33.7 Å². The van der Waals surface area contributed by atoms with Crippen LogP contribution >= 0.6 is 0 Å². The van der Waals surface area contributed by atoms with Gasteiger partial charge in [-0.2, -0.15) is 5.10 Å². The molecule has 1 spiro atoms. The number of phenols is 1. The summed E-state index contributed by atoms with van der Waals surface area (Å²) in [6.07, 6.45) is 9.74. The van der Waals surface area contributed by atoms with E-state index >= 15 is 4.39 Å². The average molecular weight is 842 g/mol. The first-order chi connectivity index (χ1) is 29.6. The summed E-state index contributed by atoms with van der Waals surface area (Å²) in [6.45, 7) is 6.22. The maximum Gasteiger partial charge on any atom is 0.274 e. The standard InChI is InChI=1S/C46H60FN7O7/c47-43-33(4-3-5-34(43)30-51-21-17-46(18-22-51)31-52(24-27-61-46)45(59)38-14-20-53(50-38)29-32-8-9-32)15-25-60-26-16-42(58)54(35-6-1-2-7-35)23-19-48-28-40(56)36-10-12-39(55)44-37(36)11-13-41(57)49-44/h3-5,10-14,20,32,35,40,48,55-56H,1-2,6-9,15-19,21-31H2,(H,49,57)/t40-/m0/s1. The first kappa shape index (κ1) is 43.0. The predicted molar refractivity (Wildman–Crippen MR) is 228 cm³/mol. The van der Waals surface area contributed by atoms with Gasteiger partial charge in [0.15, 0.2) is 0 Å². The molecule has 0 bridgehead atoms. The molecule has 328 valence electrons. The van der Waals surface area contributed by atoms with Crippen molar-refractivity contribution in [2.45, 2.75) is 95.0 Å². The Morgan fingerprint density at radius 1 is 1.03 bits per heavy atom. The quantitative estimate of drug-likeness (QED) is 0.105. The Morgan fingerprint density at radius 3 is 2.64 bits per heavy atom. The normalized spacial score (nSPS) is 18.9. The maximum atomic E-state index is 15.8. The van der Waals surface area contributed by atoms with Gasteiger partial charge in [0, 0.05) is 81.6 Å². The van der Waals surface area contributed by atoms with Crippen molar-refractivity contribution in [1.82, 2.24) is 34.8 Å². The number of rotatable bonds is 18. The molecule has 15 heteroatoms. The number of fused-ring (bicyclic) bond motifs is 1. The third-order valence-corrected chi connectivity index (χ3v) is 13.1. The fourth-order valence-corrected chi connectivity index (χ4v) is 9.34. The number of aromatic nitrogens is 3. The van der Waals surface area contributed by atoms with E-state index in [1.54, 1.807) is 18.2 Å². The number of phenolic OH excluding ortho intramolecular Hbond substituents is 1. The molecule has 8 rings (SSSR count). The van der Waals surface area contributed by atoms with Crippen molar-refractivity contribution in [3.8, 4) is 5.75 Å². The molecule has 0 unspecified atom stereocenters. The molecule has 4 aromatic rings. The molecule has 2 aliphatic heterocycles. The number of carbonyl (C=O) groups is 2. The van der Waals surface area contributed by atoms with Gasteiger partial charge >= 0.3 is 0 Å². The van der Waals surface area contributed by atoms with Gasteiger partial charge in [0.2, 0.25) is 11.5 Å². The summed E-state index contributed by atoms with van der Waals surface area (Å²) < 4.78 is 29.9. The minimum Gasteiger partial charge on any atom is -0.506 e. The number of carbonyl (C=O) groups excluding carboxylic acids is 2. The van der Waals surface area contributed by atoms with Gasteiger partial charge in [-0.05, 0) is 80.2 Å². The molecule has 0 radical (unpaired) electrons. The molecule has 4 fully saturated rings. The lowest BCUT2D eigenvalue weighted by Crippen LogP contribution is -2.58. The first-order valence-corrected chi connectivity index (χ1v) is 22.2. The van der Waals surface area contributed by atoms with Crippen molar-refractivity contribution in [1.29, 1.82) is 0 Å². The molecular formula is C46H60FN7O7. The summed E-state index contributed by atoms with van der Waals surface area (Å²) in [5.74, 6) is 0.393. The molecule has 2 aromatic carbocycles. The van der Waals surface area contributed by atoms with Crippen molar-refractivity contribution in [3.05, 3.63) is 93.3 Å². The van der Waals surface area contributed by atoms with Gasteiger partial charge in [-0.25, -0.2) is 4.39 Å². The molecule has 2 saturated heterocycles. The lowest BCUT2D eigenvalue weighted by atomic mass is 9.89. The largest absolute Gasteiger partial charge is 0.506 e. The van der Waals surface area contributed by atoms with Crippen molar-refractivity contribution in [2.24, 2.45) is 5.92 Å². The number of ether oxygens (including phenoxy) is 2. The molecule has 2 aliphatic carbocycles. The number of likely N-dealkylation sites (tertiary alicyclic amines) is 1. The van der Waals surface area contributed by atoms with Crippen LogP contribution in [-0.2, 0) is 33.8 Å². The third-order valence-electron chi connectivity index (χ3n) is 13.1. The van der Waals surface area contributed by atoms with Crippen molar-refractivity contribution in [3.63, 3.8) is 0 Å². The summed E-state index contributed by atoms with van der Waals surface area (Å²) in [4.78, 5) is 47.3. The number of benzene rings is 2. The Balaban J connectivity index is 0.756. The first-order valence-electron chi connectivity index (χ1n) is 22.2. The van der Waals surface area contributed by atoms with E-state index in [1.807, 2.05) is 38.9 Å². The van der Waals surface area contributed by atoms with Crippen molar-refractivity contribution >= 4 is 22.7 Å². The SMILES string of the molecule is O=C(c1ccn(CC2CC2)n1)N1CCOC2(CCN(Cc3cccc(CCOCCC(=O)N(CCNC[C@H](O)c4ccc(O)c5[nH]c(=O)ccc45)C4CCCC4)c3F)CC2)C1. The van der Waals surface area contributed by atoms with Gasteiger partial charge in [0.1, 0.15) is 17.3 Å². The van der Waals surface area contributed by atoms with E-state index in [-0.39, 0.29) is 60.1 Å². The Kier molecular flexibility index (Phi) is 13.8. The highest BCUT2D eigenvalue weighted by Gasteiger charge is 2.41. The number of pyridine rings is 1. The van der Waals surface area contributed by atoms with Gasteiger partial charge in [0.25, 0.3) is 5.91 Å². The summed E-state index contributed by atoms with van der Waals surface area (Å²) >= 11 is 0. The number of hydrogen-bond donors (Lipinski definition) is 4. The smallest absolute Gasteiger partial charge is 0.274 e. The number of hydrogen-bond acceptors (Lipinski definition) is 10. The summed E-state index contributed by atoms with van der Waals surface area (Å²) in [6, 6.07) is 13.6. The van der Waals surface area contributed by atoms with Crippen LogP contribution in [0.25, 0.3) is 10.9 Å². The highest BCUT2D eigenvalue weighted by atomic mass is 19.1. The summed E-state index contributed by atoms with van der Waals surface area (Å²) in [7, 11) is 0.